The maximum Gasteiger partial charge on any atom is 0.0895 e. The first-order chi connectivity index (χ1) is 8.69. The fourth-order valence-electron chi connectivity index (χ4n) is 5.18. The number of unbranched alkanes of at least 4 members (excludes halogenated alkanes) is 1. The molecule has 1 nitrogen and oxygen atoms in total. The summed E-state index contributed by atoms with van der Waals surface area (Å²) in [6.07, 6.45) is 9.77. The Bertz CT molecular complexity index is 293. The van der Waals surface area contributed by atoms with Gasteiger partial charge in [-0.25, -0.2) is 0 Å². The summed E-state index contributed by atoms with van der Waals surface area (Å²) in [5.41, 5.74) is 0.774. The van der Waals surface area contributed by atoms with E-state index >= 15 is 0 Å². The molecule has 4 aliphatic carbocycles. The Hall–Kier alpha value is 0.620. The second-order valence-electron chi connectivity index (χ2n) is 7.02. The zero-order valence-electron chi connectivity index (χ0n) is 11.1. The van der Waals surface area contributed by atoms with E-state index in [1.165, 1.54) is 43.0 Å². The third-order valence-electron chi connectivity index (χ3n) is 5.35. The number of hydrogen-bond acceptors (Lipinski definition) is 1. The van der Waals surface area contributed by atoms with Gasteiger partial charge in [-0.3, -0.25) is 4.39 Å². The quantitative estimate of drug-likeness (QED) is 0.381. The standard InChI is InChI=1S/C15H24FIO/c16-3-1-2-4-18-15-8-12-5-13(9-15)7-14(6-12,10-15)11-17/h12-13H,1-11H2/t12-,13+,14?,15?. The van der Waals surface area contributed by atoms with Gasteiger partial charge < -0.3 is 4.74 Å². The van der Waals surface area contributed by atoms with Crippen molar-refractivity contribution >= 4 is 22.6 Å². The van der Waals surface area contributed by atoms with Gasteiger partial charge >= 0.3 is 0 Å². The molecule has 0 heterocycles. The van der Waals surface area contributed by atoms with Crippen LogP contribution in [-0.4, -0.2) is 23.3 Å². The zero-order valence-corrected chi connectivity index (χ0v) is 13.3. The van der Waals surface area contributed by atoms with Crippen molar-refractivity contribution in [3.05, 3.63) is 0 Å². The van der Waals surface area contributed by atoms with Gasteiger partial charge in [-0.1, -0.05) is 22.6 Å². The summed E-state index contributed by atoms with van der Waals surface area (Å²) in [6.45, 7) is 0.583. The number of ether oxygens (including phenoxy) is 1. The average molecular weight is 366 g/mol. The van der Waals surface area contributed by atoms with E-state index in [0.29, 0.717) is 11.8 Å². The molecule has 0 saturated heterocycles. The Balaban J connectivity index is 1.65. The maximum absolute atomic E-state index is 12.1. The molecule has 4 rings (SSSR count). The van der Waals surface area contributed by atoms with Gasteiger partial charge in [0.2, 0.25) is 0 Å². The highest BCUT2D eigenvalue weighted by Gasteiger charge is 2.57. The van der Waals surface area contributed by atoms with Crippen molar-refractivity contribution < 1.29 is 9.13 Å². The lowest BCUT2D eigenvalue weighted by Gasteiger charge is -2.61. The molecule has 4 atom stereocenters. The van der Waals surface area contributed by atoms with Gasteiger partial charge in [-0.15, -0.1) is 0 Å². The number of rotatable bonds is 6. The summed E-state index contributed by atoms with van der Waals surface area (Å²) in [6, 6.07) is 0. The van der Waals surface area contributed by atoms with Gasteiger partial charge in [-0.05, 0) is 68.6 Å². The molecule has 0 spiro atoms. The molecule has 0 aromatic heterocycles. The smallest absolute Gasteiger partial charge is 0.0895 e. The molecule has 0 aromatic rings. The lowest BCUT2D eigenvalue weighted by Crippen LogP contribution is -2.57. The Kier molecular flexibility index (Phi) is 3.92. The molecule has 0 aromatic carbocycles. The summed E-state index contributed by atoms with van der Waals surface area (Å²) in [5.74, 6) is 1.84. The van der Waals surface area contributed by atoms with Crippen LogP contribution in [0, 0.1) is 17.3 Å². The Labute approximate surface area is 123 Å². The van der Waals surface area contributed by atoms with E-state index in [2.05, 4.69) is 22.6 Å². The van der Waals surface area contributed by atoms with Gasteiger partial charge in [0.15, 0.2) is 0 Å². The van der Waals surface area contributed by atoms with Crippen LogP contribution in [-0.2, 0) is 4.74 Å². The predicted molar refractivity (Wildman–Crippen MR) is 79.9 cm³/mol. The molecular formula is C15H24FIO. The largest absolute Gasteiger partial charge is 0.375 e. The van der Waals surface area contributed by atoms with Crippen molar-refractivity contribution in [1.29, 1.82) is 0 Å². The van der Waals surface area contributed by atoms with Crippen LogP contribution in [0.5, 0.6) is 0 Å². The molecule has 4 fully saturated rings. The summed E-state index contributed by atoms with van der Waals surface area (Å²) in [4.78, 5) is 0. The second-order valence-corrected chi connectivity index (χ2v) is 7.79. The summed E-state index contributed by atoms with van der Waals surface area (Å²) in [7, 11) is 0. The van der Waals surface area contributed by atoms with E-state index in [9.17, 15) is 4.39 Å². The lowest BCUT2D eigenvalue weighted by molar-refractivity contribution is -0.186. The van der Waals surface area contributed by atoms with E-state index < -0.39 is 0 Å². The first-order valence-corrected chi connectivity index (χ1v) is 8.98. The minimum Gasteiger partial charge on any atom is -0.375 e. The SMILES string of the molecule is FCCCCOC12C[C@@H]3C[C@@H](CC(CI)(C3)C1)C2. The van der Waals surface area contributed by atoms with Crippen molar-refractivity contribution in [2.75, 3.05) is 17.7 Å². The monoisotopic (exact) mass is 366 g/mol. The van der Waals surface area contributed by atoms with E-state index in [1.807, 2.05) is 0 Å². The minimum atomic E-state index is -0.195. The van der Waals surface area contributed by atoms with Gasteiger partial charge in [0.05, 0.1) is 12.3 Å². The van der Waals surface area contributed by atoms with Crippen LogP contribution < -0.4 is 0 Å². The van der Waals surface area contributed by atoms with Gasteiger partial charge in [0, 0.05) is 11.0 Å². The van der Waals surface area contributed by atoms with Gasteiger partial charge in [0.25, 0.3) is 0 Å². The molecule has 4 saturated carbocycles. The summed E-state index contributed by atoms with van der Waals surface area (Å²) < 4.78 is 19.7. The third kappa shape index (κ3) is 2.46. The van der Waals surface area contributed by atoms with Crippen molar-refractivity contribution in [3.8, 4) is 0 Å². The van der Waals surface area contributed by atoms with Gasteiger partial charge in [0.1, 0.15) is 0 Å². The van der Waals surface area contributed by atoms with E-state index in [1.54, 1.807) is 0 Å². The highest BCUT2D eigenvalue weighted by molar-refractivity contribution is 14.1. The first kappa shape index (κ1) is 13.6. The lowest BCUT2D eigenvalue weighted by atomic mass is 9.48. The first-order valence-electron chi connectivity index (χ1n) is 7.45. The van der Waals surface area contributed by atoms with Crippen LogP contribution in [0.1, 0.15) is 51.4 Å². The minimum absolute atomic E-state index is 0.186. The molecule has 2 unspecified atom stereocenters. The maximum atomic E-state index is 12.1. The summed E-state index contributed by atoms with van der Waals surface area (Å²) in [5, 5.41) is 0. The molecule has 104 valence electrons. The topological polar surface area (TPSA) is 9.23 Å². The van der Waals surface area contributed by atoms with Crippen molar-refractivity contribution in [2.24, 2.45) is 17.3 Å². The van der Waals surface area contributed by atoms with E-state index in [0.717, 1.165) is 24.9 Å². The molecule has 18 heavy (non-hydrogen) atoms. The molecular weight excluding hydrogens is 342 g/mol. The average Bonchev–Trinajstić information content (AvgIpc) is 2.33. The predicted octanol–water partition coefficient (Wildman–Crippen LogP) is 4.53. The highest BCUT2D eigenvalue weighted by atomic mass is 127. The van der Waals surface area contributed by atoms with Crippen LogP contribution in [0.2, 0.25) is 0 Å². The van der Waals surface area contributed by atoms with Crippen LogP contribution in [0.15, 0.2) is 0 Å². The summed E-state index contributed by atoms with van der Waals surface area (Å²) >= 11 is 2.59. The van der Waals surface area contributed by atoms with E-state index in [-0.39, 0.29) is 12.3 Å². The number of hydrogen-bond donors (Lipinski definition) is 0. The Morgan fingerprint density at radius 3 is 2.44 bits per heavy atom. The molecule has 0 amide bonds. The molecule has 3 heteroatoms. The fraction of sp³-hybridized carbons (Fsp3) is 1.00. The van der Waals surface area contributed by atoms with Crippen molar-refractivity contribution in [3.63, 3.8) is 0 Å². The van der Waals surface area contributed by atoms with Crippen molar-refractivity contribution in [2.45, 2.75) is 57.0 Å². The fourth-order valence-corrected chi connectivity index (χ4v) is 6.07. The molecule has 4 bridgehead atoms. The normalized spacial score (nSPS) is 45.7. The van der Waals surface area contributed by atoms with Crippen LogP contribution in [0.25, 0.3) is 0 Å². The van der Waals surface area contributed by atoms with Crippen molar-refractivity contribution in [1.82, 2.24) is 0 Å². The molecule has 0 radical (unpaired) electrons. The van der Waals surface area contributed by atoms with E-state index in [4.69, 9.17) is 4.74 Å². The van der Waals surface area contributed by atoms with Gasteiger partial charge in [-0.2, -0.15) is 0 Å². The third-order valence-corrected chi connectivity index (χ3v) is 6.97. The highest BCUT2D eigenvalue weighted by Crippen LogP contribution is 2.63. The van der Waals surface area contributed by atoms with Crippen LogP contribution >= 0.6 is 22.6 Å². The number of alkyl halides is 2. The van der Waals surface area contributed by atoms with Crippen LogP contribution in [0.3, 0.4) is 0 Å². The molecule has 4 aliphatic rings. The van der Waals surface area contributed by atoms with Crippen LogP contribution in [0.4, 0.5) is 4.39 Å². The molecule has 0 N–H and O–H groups in total. The second kappa shape index (κ2) is 5.19. The Morgan fingerprint density at radius 1 is 1.11 bits per heavy atom. The Morgan fingerprint density at radius 2 is 1.83 bits per heavy atom. The molecule has 0 aliphatic heterocycles. The zero-order chi connectivity index (χ0) is 12.6. The number of halogens is 2.